The summed E-state index contributed by atoms with van der Waals surface area (Å²) in [5.41, 5.74) is 1.97. The van der Waals surface area contributed by atoms with Crippen LogP contribution in [0.1, 0.15) is 17.9 Å². The van der Waals surface area contributed by atoms with E-state index in [9.17, 15) is 4.79 Å². The minimum atomic E-state index is -0.778. The van der Waals surface area contributed by atoms with Gasteiger partial charge >= 0.3 is 5.97 Å². The molecule has 0 radical (unpaired) electrons. The Kier molecular flexibility index (Phi) is 2.31. The van der Waals surface area contributed by atoms with Crippen molar-refractivity contribution >= 4 is 11.7 Å². The molecule has 1 aromatic rings. The molecule has 90 valence electrons. The van der Waals surface area contributed by atoms with Gasteiger partial charge in [-0.3, -0.25) is 4.79 Å². The fourth-order valence-electron chi connectivity index (χ4n) is 2.33. The summed E-state index contributed by atoms with van der Waals surface area (Å²) >= 11 is 0. The highest BCUT2D eigenvalue weighted by Gasteiger charge is 2.27. The van der Waals surface area contributed by atoms with Crippen molar-refractivity contribution in [3.8, 4) is 11.5 Å². The Balaban J connectivity index is 1.95. The van der Waals surface area contributed by atoms with E-state index in [0.29, 0.717) is 25.5 Å². The van der Waals surface area contributed by atoms with Crippen molar-refractivity contribution in [2.75, 3.05) is 25.1 Å². The summed E-state index contributed by atoms with van der Waals surface area (Å²) in [7, 11) is 0. The molecular formula is C12H13NO4. The van der Waals surface area contributed by atoms with E-state index in [1.54, 1.807) is 0 Å². The molecule has 2 aliphatic heterocycles. The van der Waals surface area contributed by atoms with Gasteiger partial charge in [-0.15, -0.1) is 0 Å². The van der Waals surface area contributed by atoms with Crippen LogP contribution in [0.4, 0.5) is 5.69 Å². The Labute approximate surface area is 98.3 Å². The number of fused-ring (bicyclic) bond motifs is 2. The lowest BCUT2D eigenvalue weighted by Gasteiger charge is -2.20. The molecule has 1 unspecified atom stereocenters. The summed E-state index contributed by atoms with van der Waals surface area (Å²) in [6, 6.07) is 3.79. The zero-order chi connectivity index (χ0) is 11.8. The molecule has 2 N–H and O–H groups in total. The zero-order valence-corrected chi connectivity index (χ0v) is 9.23. The number of rotatable bonds is 2. The van der Waals surface area contributed by atoms with Crippen molar-refractivity contribution in [1.29, 1.82) is 0 Å². The van der Waals surface area contributed by atoms with Crippen LogP contribution < -0.4 is 14.8 Å². The minimum absolute atomic E-state index is 0.0123. The Morgan fingerprint density at radius 1 is 1.35 bits per heavy atom. The van der Waals surface area contributed by atoms with Crippen molar-refractivity contribution in [3.63, 3.8) is 0 Å². The first-order valence-corrected chi connectivity index (χ1v) is 5.63. The van der Waals surface area contributed by atoms with Gasteiger partial charge in [-0.25, -0.2) is 0 Å². The van der Waals surface area contributed by atoms with Gasteiger partial charge < -0.3 is 19.9 Å². The van der Waals surface area contributed by atoms with E-state index in [4.69, 9.17) is 14.6 Å². The number of hydrogen-bond acceptors (Lipinski definition) is 4. The molecule has 2 aliphatic rings. The molecule has 0 bridgehead atoms. The lowest BCUT2D eigenvalue weighted by molar-refractivity contribution is -0.137. The molecule has 5 heteroatoms. The van der Waals surface area contributed by atoms with Gasteiger partial charge in [0.25, 0.3) is 0 Å². The van der Waals surface area contributed by atoms with Crippen LogP contribution in [0.5, 0.6) is 11.5 Å². The number of carbonyl (C=O) groups is 1. The number of carboxylic acids is 1. The number of anilines is 1. The van der Waals surface area contributed by atoms with Crippen LogP contribution in [0.3, 0.4) is 0 Å². The second-order valence-corrected chi connectivity index (χ2v) is 4.26. The third kappa shape index (κ3) is 1.77. The average molecular weight is 235 g/mol. The standard InChI is InChI=1S/C12H13NO4/c14-12(15)3-7-6-13-9-5-11-10(4-8(7)9)16-1-2-17-11/h4-5,7,13H,1-3,6H2,(H,14,15). The molecule has 0 amide bonds. The van der Waals surface area contributed by atoms with Crippen LogP contribution in [-0.2, 0) is 4.79 Å². The maximum atomic E-state index is 10.8. The molecule has 2 heterocycles. The van der Waals surface area contributed by atoms with Crippen LogP contribution in [0.25, 0.3) is 0 Å². The fraction of sp³-hybridized carbons (Fsp3) is 0.417. The molecule has 0 spiro atoms. The van der Waals surface area contributed by atoms with Gasteiger partial charge in [-0.2, -0.15) is 0 Å². The first-order valence-electron chi connectivity index (χ1n) is 5.63. The molecule has 17 heavy (non-hydrogen) atoms. The number of nitrogens with one attached hydrogen (secondary N) is 1. The van der Waals surface area contributed by atoms with Gasteiger partial charge in [0.05, 0.1) is 6.42 Å². The van der Waals surface area contributed by atoms with Gasteiger partial charge in [-0.1, -0.05) is 0 Å². The van der Waals surface area contributed by atoms with E-state index < -0.39 is 5.97 Å². The topological polar surface area (TPSA) is 67.8 Å². The van der Waals surface area contributed by atoms with Gasteiger partial charge in [0.2, 0.25) is 0 Å². The molecular weight excluding hydrogens is 222 g/mol. The number of ether oxygens (including phenoxy) is 2. The van der Waals surface area contributed by atoms with E-state index in [1.165, 1.54) is 0 Å². The molecule has 0 fully saturated rings. The Morgan fingerprint density at radius 3 is 2.76 bits per heavy atom. The van der Waals surface area contributed by atoms with Gasteiger partial charge in [0.15, 0.2) is 11.5 Å². The van der Waals surface area contributed by atoms with Crippen molar-refractivity contribution < 1.29 is 19.4 Å². The van der Waals surface area contributed by atoms with Crippen LogP contribution in [0.2, 0.25) is 0 Å². The monoisotopic (exact) mass is 235 g/mol. The first kappa shape index (κ1) is 10.3. The van der Waals surface area contributed by atoms with Crippen LogP contribution in [0, 0.1) is 0 Å². The lowest BCUT2D eigenvalue weighted by Crippen LogP contribution is -2.15. The minimum Gasteiger partial charge on any atom is -0.486 e. The summed E-state index contributed by atoms with van der Waals surface area (Å²) in [6.07, 6.45) is 0.139. The summed E-state index contributed by atoms with van der Waals surface area (Å²) in [4.78, 5) is 10.8. The summed E-state index contributed by atoms with van der Waals surface area (Å²) in [6.45, 7) is 1.76. The van der Waals surface area contributed by atoms with E-state index in [0.717, 1.165) is 17.0 Å². The third-order valence-electron chi connectivity index (χ3n) is 3.11. The number of carboxylic acid groups (broad SMARTS) is 1. The SMILES string of the molecule is O=C(O)CC1CNc2cc3c(cc21)OCCO3. The Morgan fingerprint density at radius 2 is 2.06 bits per heavy atom. The highest BCUT2D eigenvalue weighted by atomic mass is 16.6. The van der Waals surface area contributed by atoms with E-state index in [-0.39, 0.29) is 12.3 Å². The van der Waals surface area contributed by atoms with Gasteiger partial charge in [0, 0.05) is 24.2 Å². The Bertz CT molecular complexity index is 472. The summed E-state index contributed by atoms with van der Waals surface area (Å²) < 4.78 is 11.0. The molecule has 0 saturated carbocycles. The number of aliphatic carboxylic acids is 1. The van der Waals surface area contributed by atoms with Gasteiger partial charge in [0.1, 0.15) is 13.2 Å². The molecule has 0 aliphatic carbocycles. The average Bonchev–Trinajstić information content (AvgIpc) is 2.68. The number of hydrogen-bond donors (Lipinski definition) is 2. The quantitative estimate of drug-likeness (QED) is 0.811. The highest BCUT2D eigenvalue weighted by Crippen LogP contribution is 2.42. The largest absolute Gasteiger partial charge is 0.486 e. The fourth-order valence-corrected chi connectivity index (χ4v) is 2.33. The highest BCUT2D eigenvalue weighted by molar-refractivity contribution is 5.72. The van der Waals surface area contributed by atoms with E-state index in [2.05, 4.69) is 5.32 Å². The maximum Gasteiger partial charge on any atom is 0.304 e. The third-order valence-corrected chi connectivity index (χ3v) is 3.11. The van der Waals surface area contributed by atoms with Crippen molar-refractivity contribution in [3.05, 3.63) is 17.7 Å². The normalized spacial score (nSPS) is 20.6. The molecule has 5 nitrogen and oxygen atoms in total. The predicted molar refractivity (Wildman–Crippen MR) is 60.9 cm³/mol. The second kappa shape index (κ2) is 3.84. The Hall–Kier alpha value is -1.91. The van der Waals surface area contributed by atoms with Crippen LogP contribution >= 0.6 is 0 Å². The molecule has 1 aromatic carbocycles. The molecule has 3 rings (SSSR count). The second-order valence-electron chi connectivity index (χ2n) is 4.26. The van der Waals surface area contributed by atoms with Crippen molar-refractivity contribution in [2.45, 2.75) is 12.3 Å². The van der Waals surface area contributed by atoms with Gasteiger partial charge in [-0.05, 0) is 11.6 Å². The maximum absolute atomic E-state index is 10.8. The molecule has 0 saturated heterocycles. The summed E-state index contributed by atoms with van der Waals surface area (Å²) in [5, 5.41) is 12.1. The smallest absolute Gasteiger partial charge is 0.304 e. The molecule has 1 atom stereocenters. The van der Waals surface area contributed by atoms with E-state index >= 15 is 0 Å². The van der Waals surface area contributed by atoms with Crippen LogP contribution in [-0.4, -0.2) is 30.8 Å². The molecule has 0 aromatic heterocycles. The van der Waals surface area contributed by atoms with Crippen LogP contribution in [0.15, 0.2) is 12.1 Å². The zero-order valence-electron chi connectivity index (χ0n) is 9.23. The summed E-state index contributed by atoms with van der Waals surface area (Å²) in [5.74, 6) is 0.686. The predicted octanol–water partition coefficient (Wildman–Crippen LogP) is 1.44. The lowest BCUT2D eigenvalue weighted by atomic mass is 9.97. The van der Waals surface area contributed by atoms with Crippen molar-refractivity contribution in [1.82, 2.24) is 0 Å². The van der Waals surface area contributed by atoms with Crippen molar-refractivity contribution in [2.24, 2.45) is 0 Å². The first-order chi connectivity index (χ1) is 8.24. The number of benzene rings is 1. The van der Waals surface area contributed by atoms with E-state index in [1.807, 2.05) is 12.1 Å².